The van der Waals surface area contributed by atoms with Crippen molar-refractivity contribution in [1.82, 2.24) is 5.43 Å². The average molecular weight is 433 g/mol. The lowest BCUT2D eigenvalue weighted by atomic mass is 10.1. The normalized spacial score (nSPS) is 10.8. The van der Waals surface area contributed by atoms with E-state index in [2.05, 4.69) is 37.8 Å². The summed E-state index contributed by atoms with van der Waals surface area (Å²) in [6.07, 6.45) is 0. The maximum absolute atomic E-state index is 8.89. The Labute approximate surface area is 166 Å². The zero-order valence-electron chi connectivity index (χ0n) is 15.5. The molecule has 0 saturated carbocycles. The van der Waals surface area contributed by atoms with Crippen LogP contribution in [0.1, 0.15) is 11.1 Å². The molecule has 0 fully saturated rings. The highest BCUT2D eigenvalue weighted by atomic mass is 79.9. The van der Waals surface area contributed by atoms with Gasteiger partial charge < -0.3 is 14.8 Å². The van der Waals surface area contributed by atoms with E-state index in [4.69, 9.17) is 20.6 Å². The van der Waals surface area contributed by atoms with Crippen LogP contribution >= 0.6 is 15.9 Å². The fourth-order valence-corrected chi connectivity index (χ4v) is 3.10. The molecule has 0 saturated heterocycles. The van der Waals surface area contributed by atoms with Gasteiger partial charge in [0.05, 0.1) is 41.7 Å². The summed E-state index contributed by atoms with van der Waals surface area (Å²) in [4.78, 5) is 0. The Hall–Kier alpha value is -2.96. The van der Waals surface area contributed by atoms with E-state index in [1.54, 1.807) is 50.5 Å². The summed E-state index contributed by atoms with van der Waals surface area (Å²) in [6.45, 7) is 1.90. The monoisotopic (exact) mass is 432 g/mol. The number of hydrogen-bond acceptors (Lipinski definition) is 6. The number of methoxy groups -OCH3 is 2. The van der Waals surface area contributed by atoms with E-state index >= 15 is 0 Å². The maximum atomic E-state index is 8.89. The first-order valence-electron chi connectivity index (χ1n) is 7.92. The van der Waals surface area contributed by atoms with Crippen molar-refractivity contribution in [3.8, 4) is 17.6 Å². The van der Waals surface area contributed by atoms with E-state index in [-0.39, 0.29) is 0 Å². The summed E-state index contributed by atoms with van der Waals surface area (Å²) in [5.74, 6) is 7.23. The number of guanidine groups is 1. The first kappa shape index (κ1) is 20.4. The third-order valence-corrected chi connectivity index (χ3v) is 4.64. The van der Waals surface area contributed by atoms with Crippen LogP contribution < -0.4 is 31.1 Å². The van der Waals surface area contributed by atoms with Crippen LogP contribution in [0, 0.1) is 18.3 Å². The van der Waals surface area contributed by atoms with E-state index in [0.717, 1.165) is 11.3 Å². The molecule has 0 aliphatic carbocycles. The summed E-state index contributed by atoms with van der Waals surface area (Å²) >= 11 is 3.53. The molecule has 0 radical (unpaired) electrons. The van der Waals surface area contributed by atoms with Crippen LogP contribution in [0.25, 0.3) is 0 Å². The molecule has 27 heavy (non-hydrogen) atoms. The van der Waals surface area contributed by atoms with Gasteiger partial charge >= 0.3 is 0 Å². The van der Waals surface area contributed by atoms with Gasteiger partial charge in [0, 0.05) is 18.7 Å². The topological polar surface area (TPSA) is 108 Å². The third kappa shape index (κ3) is 4.61. The fourth-order valence-electron chi connectivity index (χ4n) is 2.42. The number of anilines is 2. The van der Waals surface area contributed by atoms with E-state index in [1.807, 2.05) is 13.0 Å². The summed E-state index contributed by atoms with van der Waals surface area (Å²) in [7, 11) is 4.95. The van der Waals surface area contributed by atoms with E-state index < -0.39 is 0 Å². The molecule has 0 heterocycles. The Balaban J connectivity index is 2.33. The minimum Gasteiger partial charge on any atom is -0.496 e. The molecule has 0 amide bonds. The van der Waals surface area contributed by atoms with Gasteiger partial charge in [0.1, 0.15) is 11.5 Å². The second-order valence-electron chi connectivity index (χ2n) is 5.50. The van der Waals surface area contributed by atoms with Gasteiger partial charge in [-0.2, -0.15) is 5.26 Å². The van der Waals surface area contributed by atoms with Crippen LogP contribution in [-0.2, 0) is 0 Å². The predicted molar refractivity (Wildman–Crippen MR) is 110 cm³/mol. The van der Waals surface area contributed by atoms with Crippen LogP contribution in [-0.4, -0.2) is 27.2 Å². The first-order chi connectivity index (χ1) is 12.9. The number of hydrazone groups is 1. The van der Waals surface area contributed by atoms with E-state index in [0.29, 0.717) is 33.2 Å². The van der Waals surface area contributed by atoms with E-state index in [1.165, 1.54) is 0 Å². The molecule has 0 aliphatic rings. The van der Waals surface area contributed by atoms with Crippen molar-refractivity contribution in [2.24, 2.45) is 10.9 Å². The molecule has 4 N–H and O–H groups in total. The minimum absolute atomic E-state index is 0.301. The predicted octanol–water partition coefficient (Wildman–Crippen LogP) is 2.93. The van der Waals surface area contributed by atoms with Gasteiger partial charge in [-0.3, -0.25) is 10.4 Å². The quantitative estimate of drug-likeness (QED) is 0.288. The van der Waals surface area contributed by atoms with Gasteiger partial charge in [-0.15, -0.1) is 5.10 Å². The van der Waals surface area contributed by atoms with Crippen molar-refractivity contribution in [3.05, 3.63) is 45.9 Å². The molecule has 0 aromatic heterocycles. The highest BCUT2D eigenvalue weighted by Crippen LogP contribution is 2.40. The second-order valence-corrected chi connectivity index (χ2v) is 6.29. The fraction of sp³-hybridized carbons (Fsp3) is 0.222. The largest absolute Gasteiger partial charge is 0.496 e. The molecule has 0 aliphatic heterocycles. The van der Waals surface area contributed by atoms with Crippen LogP contribution in [0.5, 0.6) is 11.5 Å². The molecule has 2 aromatic rings. The smallest absolute Gasteiger partial charge is 0.232 e. The van der Waals surface area contributed by atoms with Gasteiger partial charge in [0.25, 0.3) is 0 Å². The molecule has 2 rings (SSSR count). The van der Waals surface area contributed by atoms with Crippen LogP contribution in [0.2, 0.25) is 0 Å². The van der Waals surface area contributed by atoms with Crippen molar-refractivity contribution in [2.75, 3.05) is 31.6 Å². The number of halogens is 1. The van der Waals surface area contributed by atoms with Gasteiger partial charge in [-0.05, 0) is 47.1 Å². The Kier molecular flexibility index (Phi) is 6.87. The number of nitrogens with one attached hydrogen (secondary N) is 2. The van der Waals surface area contributed by atoms with Crippen molar-refractivity contribution in [3.63, 3.8) is 0 Å². The van der Waals surface area contributed by atoms with Gasteiger partial charge in [0.2, 0.25) is 5.96 Å². The Bertz CT molecular complexity index is 877. The van der Waals surface area contributed by atoms with Crippen LogP contribution in [0.3, 0.4) is 0 Å². The van der Waals surface area contributed by atoms with Crippen LogP contribution in [0.15, 0.2) is 39.9 Å². The van der Waals surface area contributed by atoms with Crippen LogP contribution in [0.4, 0.5) is 11.4 Å². The number of hydrogen-bond donors (Lipinski definition) is 3. The molecule has 0 spiro atoms. The number of nitrogens with zero attached hydrogens (tertiary/aromatic N) is 3. The summed E-state index contributed by atoms with van der Waals surface area (Å²) in [6, 6.07) is 10.9. The molecular weight excluding hydrogens is 412 g/mol. The third-order valence-electron chi connectivity index (χ3n) is 3.86. The Morgan fingerprint density at radius 1 is 1.26 bits per heavy atom. The number of nitrogens with two attached hydrogens (primary N) is 1. The zero-order valence-corrected chi connectivity index (χ0v) is 17.1. The van der Waals surface area contributed by atoms with Crippen molar-refractivity contribution < 1.29 is 9.47 Å². The summed E-state index contributed by atoms with van der Waals surface area (Å²) < 4.78 is 11.6. The standard InChI is InChI=1S/C18H21BrN6O2/c1-11-15(26-3)9-14(16(19)17(11)27-4)22-18(23-21)24-25(2)13-7-5-12(10-20)6-8-13/h5-9H,21H2,1-4H3,(H2,22,23,24). The number of hydrazine groups is 1. The Morgan fingerprint density at radius 2 is 1.93 bits per heavy atom. The average Bonchev–Trinajstić information content (AvgIpc) is 2.69. The van der Waals surface area contributed by atoms with Crippen molar-refractivity contribution in [2.45, 2.75) is 6.92 Å². The zero-order chi connectivity index (χ0) is 20.0. The molecular formula is C18H21BrN6O2. The summed E-state index contributed by atoms with van der Waals surface area (Å²) in [5, 5.41) is 18.0. The molecule has 8 nitrogen and oxygen atoms in total. The number of rotatable bonds is 5. The molecule has 0 unspecified atom stereocenters. The van der Waals surface area contributed by atoms with Gasteiger partial charge in [-0.1, -0.05) is 0 Å². The Morgan fingerprint density at radius 3 is 2.44 bits per heavy atom. The molecule has 0 atom stereocenters. The second kappa shape index (κ2) is 9.12. The number of nitriles is 1. The van der Waals surface area contributed by atoms with Gasteiger partial charge in [-0.25, -0.2) is 5.84 Å². The van der Waals surface area contributed by atoms with Crippen molar-refractivity contribution in [1.29, 1.82) is 5.26 Å². The lowest BCUT2D eigenvalue weighted by Crippen LogP contribution is -2.38. The highest BCUT2D eigenvalue weighted by molar-refractivity contribution is 9.10. The number of benzene rings is 2. The molecule has 9 heteroatoms. The first-order valence-corrected chi connectivity index (χ1v) is 8.71. The SMILES string of the molecule is COc1cc(N/C(=N/N(C)c2ccc(C#N)cc2)NN)c(Br)c(OC)c1C. The highest BCUT2D eigenvalue weighted by Gasteiger charge is 2.16. The molecule has 0 bridgehead atoms. The lowest BCUT2D eigenvalue weighted by molar-refractivity contribution is 0.387. The molecule has 2 aromatic carbocycles. The maximum Gasteiger partial charge on any atom is 0.232 e. The lowest BCUT2D eigenvalue weighted by Gasteiger charge is -2.19. The van der Waals surface area contributed by atoms with Gasteiger partial charge in [0.15, 0.2) is 0 Å². The summed E-state index contributed by atoms with van der Waals surface area (Å²) in [5.41, 5.74) is 5.44. The number of ether oxygens (including phenoxy) is 2. The van der Waals surface area contributed by atoms with E-state index in [9.17, 15) is 0 Å². The molecule has 142 valence electrons. The minimum atomic E-state index is 0.301. The van der Waals surface area contributed by atoms with Crippen molar-refractivity contribution >= 4 is 33.3 Å².